The Labute approximate surface area is 193 Å². The van der Waals surface area contributed by atoms with Crippen molar-refractivity contribution < 1.29 is 33.8 Å². The van der Waals surface area contributed by atoms with Gasteiger partial charge < -0.3 is 29.9 Å². The standard InChI is InChI=1S/C22H34N4O7/c1-12-10-16-22(32)33-9-7-17(28)25-8-5-6-15(25)21(31)24(4)18(14(3)27)19(29)23-13(2)20(30)26(16)11-12/h12-16,18,27H,5-11H2,1-4H3,(H,23,29)/t12-,13+,14-,15+,16+,18+/m1/s1. The number of nitrogens with one attached hydrogen (secondary N) is 1. The topological polar surface area (TPSA) is 137 Å². The van der Waals surface area contributed by atoms with Gasteiger partial charge in [0.2, 0.25) is 23.6 Å². The van der Waals surface area contributed by atoms with Gasteiger partial charge in [0.15, 0.2) is 0 Å². The number of carbonyl (C=O) groups is 5. The lowest BCUT2D eigenvalue weighted by atomic mass is 10.1. The summed E-state index contributed by atoms with van der Waals surface area (Å²) in [5.41, 5.74) is 0. The first-order valence-corrected chi connectivity index (χ1v) is 11.5. The molecule has 11 nitrogen and oxygen atoms in total. The molecule has 0 bridgehead atoms. The minimum Gasteiger partial charge on any atom is -0.464 e. The molecule has 0 aliphatic carbocycles. The minimum absolute atomic E-state index is 0.0671. The zero-order valence-corrected chi connectivity index (χ0v) is 19.7. The third-order valence-corrected chi connectivity index (χ3v) is 6.70. The van der Waals surface area contributed by atoms with Gasteiger partial charge in [-0.05, 0) is 39.0 Å². The predicted octanol–water partition coefficient (Wildman–Crippen LogP) is -1.13. The Kier molecular flexibility index (Phi) is 7.61. The molecule has 0 radical (unpaired) electrons. The molecule has 0 aromatic carbocycles. The molecule has 6 atom stereocenters. The predicted molar refractivity (Wildman–Crippen MR) is 115 cm³/mol. The van der Waals surface area contributed by atoms with Crippen molar-refractivity contribution in [1.29, 1.82) is 0 Å². The number of rotatable bonds is 1. The molecule has 3 aliphatic rings. The zero-order valence-electron chi connectivity index (χ0n) is 19.7. The van der Waals surface area contributed by atoms with Crippen molar-refractivity contribution in [3.05, 3.63) is 0 Å². The average molecular weight is 467 g/mol. The minimum atomic E-state index is -1.24. The summed E-state index contributed by atoms with van der Waals surface area (Å²) in [6.45, 7) is 5.41. The first-order chi connectivity index (χ1) is 15.5. The number of fused-ring (bicyclic) bond motifs is 2. The van der Waals surface area contributed by atoms with Crippen molar-refractivity contribution in [3.8, 4) is 0 Å². The van der Waals surface area contributed by atoms with Crippen molar-refractivity contribution >= 4 is 29.6 Å². The second kappa shape index (κ2) is 10.1. The van der Waals surface area contributed by atoms with E-state index in [4.69, 9.17) is 4.74 Å². The molecular formula is C22H34N4O7. The summed E-state index contributed by atoms with van der Waals surface area (Å²) in [5, 5.41) is 12.9. The summed E-state index contributed by atoms with van der Waals surface area (Å²) in [6, 6.07) is -3.76. The van der Waals surface area contributed by atoms with Crippen LogP contribution < -0.4 is 5.32 Å². The van der Waals surface area contributed by atoms with Crippen LogP contribution in [0.5, 0.6) is 0 Å². The Morgan fingerprint density at radius 1 is 1.06 bits per heavy atom. The van der Waals surface area contributed by atoms with Crippen LogP contribution in [-0.2, 0) is 28.7 Å². The number of nitrogens with zero attached hydrogens (tertiary/aromatic N) is 3. The van der Waals surface area contributed by atoms with Gasteiger partial charge in [0.05, 0.1) is 12.5 Å². The molecule has 0 aromatic rings. The van der Waals surface area contributed by atoms with Crippen LogP contribution in [0.2, 0.25) is 0 Å². The highest BCUT2D eigenvalue weighted by atomic mass is 16.5. The lowest BCUT2D eigenvalue weighted by Crippen LogP contribution is -2.60. The van der Waals surface area contributed by atoms with Gasteiger partial charge in [0.25, 0.3) is 0 Å². The van der Waals surface area contributed by atoms with E-state index in [-0.39, 0.29) is 24.9 Å². The molecule has 3 saturated heterocycles. The largest absolute Gasteiger partial charge is 0.464 e. The summed E-state index contributed by atoms with van der Waals surface area (Å²) in [4.78, 5) is 68.8. The molecule has 3 heterocycles. The highest BCUT2D eigenvalue weighted by molar-refractivity contribution is 5.95. The Morgan fingerprint density at radius 3 is 2.42 bits per heavy atom. The van der Waals surface area contributed by atoms with Crippen LogP contribution in [0, 0.1) is 5.92 Å². The van der Waals surface area contributed by atoms with Crippen molar-refractivity contribution in [1.82, 2.24) is 20.0 Å². The van der Waals surface area contributed by atoms with Gasteiger partial charge in [0.1, 0.15) is 30.8 Å². The number of hydrogen-bond acceptors (Lipinski definition) is 7. The van der Waals surface area contributed by atoms with Crippen LogP contribution in [0.25, 0.3) is 0 Å². The van der Waals surface area contributed by atoms with Gasteiger partial charge in [-0.2, -0.15) is 0 Å². The maximum atomic E-state index is 13.2. The van der Waals surface area contributed by atoms with E-state index < -0.39 is 54.0 Å². The number of esters is 1. The fourth-order valence-corrected chi connectivity index (χ4v) is 5.01. The van der Waals surface area contributed by atoms with Crippen LogP contribution in [0.3, 0.4) is 0 Å². The van der Waals surface area contributed by atoms with Gasteiger partial charge in [-0.1, -0.05) is 6.92 Å². The molecule has 3 aliphatic heterocycles. The maximum Gasteiger partial charge on any atom is 0.328 e. The van der Waals surface area contributed by atoms with Gasteiger partial charge in [-0.15, -0.1) is 0 Å². The second-order valence-corrected chi connectivity index (χ2v) is 9.37. The van der Waals surface area contributed by atoms with Crippen molar-refractivity contribution in [3.63, 3.8) is 0 Å². The molecule has 3 rings (SSSR count). The molecule has 3 fully saturated rings. The molecule has 11 heteroatoms. The van der Waals surface area contributed by atoms with Crippen molar-refractivity contribution in [2.24, 2.45) is 5.92 Å². The first kappa shape index (κ1) is 24.9. The van der Waals surface area contributed by atoms with Gasteiger partial charge in [-0.25, -0.2) is 4.79 Å². The SMILES string of the molecule is C[C@@H]1C[C@H]2C(=O)OCCC(=O)N3CCC[C@H]3C(=O)N(C)[C@@H]([C@@H](C)O)C(=O)N[C@@H](C)C(=O)N2C1. The van der Waals surface area contributed by atoms with Gasteiger partial charge in [-0.3, -0.25) is 19.2 Å². The molecular weight excluding hydrogens is 432 g/mol. The van der Waals surface area contributed by atoms with Crippen LogP contribution in [-0.4, -0.2) is 106 Å². The molecule has 0 aromatic heterocycles. The molecule has 33 heavy (non-hydrogen) atoms. The monoisotopic (exact) mass is 466 g/mol. The zero-order chi connectivity index (χ0) is 24.4. The third-order valence-electron chi connectivity index (χ3n) is 6.70. The van der Waals surface area contributed by atoms with E-state index in [1.54, 1.807) is 0 Å². The number of cyclic esters (lactones) is 1. The summed E-state index contributed by atoms with van der Waals surface area (Å²) in [6.07, 6.45) is 0.210. The molecule has 0 spiro atoms. The summed E-state index contributed by atoms with van der Waals surface area (Å²) in [7, 11) is 1.41. The summed E-state index contributed by atoms with van der Waals surface area (Å²) >= 11 is 0. The summed E-state index contributed by atoms with van der Waals surface area (Å²) < 4.78 is 5.33. The van der Waals surface area contributed by atoms with Crippen molar-refractivity contribution in [2.75, 3.05) is 26.7 Å². The highest BCUT2D eigenvalue weighted by Crippen LogP contribution is 2.26. The number of amides is 4. The maximum absolute atomic E-state index is 13.2. The van der Waals surface area contributed by atoms with Crippen LogP contribution in [0.1, 0.15) is 46.5 Å². The third kappa shape index (κ3) is 5.13. The Hall–Kier alpha value is -2.69. The molecule has 184 valence electrons. The van der Waals surface area contributed by atoms with E-state index in [9.17, 15) is 29.1 Å². The number of hydrogen-bond donors (Lipinski definition) is 2. The number of aliphatic hydroxyl groups excluding tert-OH is 1. The number of aliphatic hydroxyl groups is 1. The second-order valence-electron chi connectivity index (χ2n) is 9.37. The lowest BCUT2D eigenvalue weighted by Gasteiger charge is -2.35. The normalized spacial score (nSPS) is 33.5. The van der Waals surface area contributed by atoms with Gasteiger partial charge in [0, 0.05) is 20.1 Å². The quantitative estimate of drug-likeness (QED) is 0.467. The number of carbonyl (C=O) groups excluding carboxylic acids is 5. The molecule has 2 N–H and O–H groups in total. The summed E-state index contributed by atoms with van der Waals surface area (Å²) in [5.74, 6) is -2.43. The van der Waals surface area contributed by atoms with E-state index in [0.29, 0.717) is 32.4 Å². The molecule has 0 saturated carbocycles. The van der Waals surface area contributed by atoms with E-state index >= 15 is 0 Å². The fraction of sp³-hybridized carbons (Fsp3) is 0.773. The molecule has 0 unspecified atom stereocenters. The average Bonchev–Trinajstić information content (AvgIpc) is 3.38. The number of likely N-dealkylation sites (N-methyl/N-ethyl adjacent to an activating group) is 1. The van der Waals surface area contributed by atoms with E-state index in [0.717, 1.165) is 4.90 Å². The fourth-order valence-electron chi connectivity index (χ4n) is 5.01. The van der Waals surface area contributed by atoms with E-state index in [1.807, 2.05) is 6.92 Å². The van der Waals surface area contributed by atoms with E-state index in [2.05, 4.69) is 5.32 Å². The Balaban J connectivity index is 1.91. The molecule has 4 amide bonds. The van der Waals surface area contributed by atoms with Crippen LogP contribution in [0.4, 0.5) is 0 Å². The lowest BCUT2D eigenvalue weighted by molar-refractivity contribution is -0.156. The van der Waals surface area contributed by atoms with E-state index in [1.165, 1.54) is 30.7 Å². The van der Waals surface area contributed by atoms with Crippen LogP contribution in [0.15, 0.2) is 0 Å². The smallest absolute Gasteiger partial charge is 0.328 e. The Morgan fingerprint density at radius 2 is 1.76 bits per heavy atom. The van der Waals surface area contributed by atoms with Crippen LogP contribution >= 0.6 is 0 Å². The Bertz CT molecular complexity index is 817. The number of ether oxygens (including phenoxy) is 1. The highest BCUT2D eigenvalue weighted by Gasteiger charge is 2.43. The first-order valence-electron chi connectivity index (χ1n) is 11.5. The van der Waals surface area contributed by atoms with Gasteiger partial charge >= 0.3 is 5.97 Å². The van der Waals surface area contributed by atoms with Crippen molar-refractivity contribution in [2.45, 2.75) is 76.7 Å².